The Morgan fingerprint density at radius 1 is 1.19 bits per heavy atom. The maximum absolute atomic E-state index is 5.70. The van der Waals surface area contributed by atoms with Crippen LogP contribution < -0.4 is 15.4 Å². The quantitative estimate of drug-likeness (QED) is 0.398. The van der Waals surface area contributed by atoms with Gasteiger partial charge in [0.25, 0.3) is 0 Å². The number of hydrogen-bond acceptors (Lipinski definition) is 4. The molecule has 0 saturated carbocycles. The first kappa shape index (κ1) is 20.3. The van der Waals surface area contributed by atoms with Gasteiger partial charge in [-0.05, 0) is 12.6 Å². The molecule has 26 heavy (non-hydrogen) atoms. The summed E-state index contributed by atoms with van der Waals surface area (Å²) < 4.78 is 5.70. The fourth-order valence-corrected chi connectivity index (χ4v) is 3.00. The summed E-state index contributed by atoms with van der Waals surface area (Å²) in [6.07, 6.45) is 1.75. The summed E-state index contributed by atoms with van der Waals surface area (Å²) in [6.45, 7) is 14.8. The predicted molar refractivity (Wildman–Crippen MR) is 109 cm³/mol. The normalized spacial score (nSPS) is 16.3. The van der Waals surface area contributed by atoms with Crippen molar-refractivity contribution in [1.29, 1.82) is 0 Å². The van der Waals surface area contributed by atoms with Gasteiger partial charge < -0.3 is 20.3 Å². The van der Waals surface area contributed by atoms with Crippen LogP contribution in [0.4, 0.5) is 0 Å². The van der Waals surface area contributed by atoms with E-state index in [0.717, 1.165) is 50.0 Å². The lowest BCUT2D eigenvalue weighted by atomic mass is 10.2. The second-order valence-electron chi connectivity index (χ2n) is 6.34. The molecule has 0 aromatic heterocycles. The predicted octanol–water partition coefficient (Wildman–Crippen LogP) is 1.55. The van der Waals surface area contributed by atoms with E-state index in [1.807, 2.05) is 18.2 Å². The van der Waals surface area contributed by atoms with Crippen LogP contribution in [0.5, 0.6) is 5.75 Å². The van der Waals surface area contributed by atoms with Gasteiger partial charge in [-0.3, -0.25) is 9.89 Å². The zero-order valence-corrected chi connectivity index (χ0v) is 16.2. The number of guanidine groups is 1. The van der Waals surface area contributed by atoms with Crippen LogP contribution in [0.3, 0.4) is 0 Å². The first-order chi connectivity index (χ1) is 12.8. The van der Waals surface area contributed by atoms with Gasteiger partial charge in [-0.1, -0.05) is 37.8 Å². The van der Waals surface area contributed by atoms with E-state index in [4.69, 9.17) is 4.74 Å². The Morgan fingerprint density at radius 2 is 1.92 bits per heavy atom. The van der Waals surface area contributed by atoms with Crippen molar-refractivity contribution >= 4 is 5.96 Å². The molecule has 1 aliphatic rings. The third kappa shape index (κ3) is 6.69. The van der Waals surface area contributed by atoms with Crippen LogP contribution >= 0.6 is 0 Å². The van der Waals surface area contributed by atoms with E-state index in [2.05, 4.69) is 45.0 Å². The standard InChI is InChI=1S/C20H33N5O/c1-4-16-26-19-9-7-6-8-18(19)17-23-20(21-3)22-10-11-25-14-12-24(5-2)13-15-25/h4,6-9H,1,5,10-17H2,2-3H3,(H2,21,22,23). The summed E-state index contributed by atoms with van der Waals surface area (Å²) in [4.78, 5) is 9.31. The third-order valence-electron chi connectivity index (χ3n) is 4.63. The Bertz CT molecular complexity index is 567. The van der Waals surface area contributed by atoms with Gasteiger partial charge in [-0.25, -0.2) is 0 Å². The topological polar surface area (TPSA) is 52.1 Å². The summed E-state index contributed by atoms with van der Waals surface area (Å²) in [6, 6.07) is 8.04. The fourth-order valence-electron chi connectivity index (χ4n) is 3.00. The maximum atomic E-state index is 5.70. The van der Waals surface area contributed by atoms with Crippen molar-refractivity contribution in [2.45, 2.75) is 13.5 Å². The summed E-state index contributed by atoms with van der Waals surface area (Å²) in [7, 11) is 1.80. The lowest BCUT2D eigenvalue weighted by molar-refractivity contribution is 0.139. The number of nitrogens with one attached hydrogen (secondary N) is 2. The maximum Gasteiger partial charge on any atom is 0.191 e. The molecule has 144 valence electrons. The lowest BCUT2D eigenvalue weighted by Crippen LogP contribution is -2.49. The first-order valence-corrected chi connectivity index (χ1v) is 9.47. The zero-order chi connectivity index (χ0) is 18.6. The van der Waals surface area contributed by atoms with Crippen LogP contribution in [0.1, 0.15) is 12.5 Å². The average molecular weight is 360 g/mol. The smallest absolute Gasteiger partial charge is 0.191 e. The number of benzene rings is 1. The Morgan fingerprint density at radius 3 is 2.62 bits per heavy atom. The van der Waals surface area contributed by atoms with Gasteiger partial charge >= 0.3 is 0 Å². The highest BCUT2D eigenvalue weighted by atomic mass is 16.5. The minimum Gasteiger partial charge on any atom is -0.489 e. The van der Waals surface area contributed by atoms with Gasteiger partial charge in [0.15, 0.2) is 5.96 Å². The van der Waals surface area contributed by atoms with Crippen LogP contribution in [0.2, 0.25) is 0 Å². The molecule has 1 aliphatic heterocycles. The number of rotatable bonds is 9. The largest absolute Gasteiger partial charge is 0.489 e. The summed E-state index contributed by atoms with van der Waals surface area (Å²) in [5.41, 5.74) is 1.10. The summed E-state index contributed by atoms with van der Waals surface area (Å²) in [5.74, 6) is 1.69. The Kier molecular flexibility index (Phi) is 9.00. The second-order valence-corrected chi connectivity index (χ2v) is 6.34. The molecule has 1 fully saturated rings. The van der Waals surface area contributed by atoms with E-state index in [1.165, 1.54) is 13.1 Å². The van der Waals surface area contributed by atoms with Crippen molar-refractivity contribution in [3.05, 3.63) is 42.5 Å². The van der Waals surface area contributed by atoms with E-state index < -0.39 is 0 Å². The molecule has 0 spiro atoms. The second kappa shape index (κ2) is 11.5. The van der Waals surface area contributed by atoms with Crippen molar-refractivity contribution in [3.63, 3.8) is 0 Å². The number of likely N-dealkylation sites (N-methyl/N-ethyl adjacent to an activating group) is 1. The molecule has 1 aromatic rings. The van der Waals surface area contributed by atoms with Gasteiger partial charge in [0.05, 0.1) is 0 Å². The van der Waals surface area contributed by atoms with Crippen molar-refractivity contribution < 1.29 is 4.74 Å². The van der Waals surface area contributed by atoms with E-state index in [0.29, 0.717) is 13.2 Å². The Labute approximate surface area is 157 Å². The van der Waals surface area contributed by atoms with Gasteiger partial charge in [0.1, 0.15) is 12.4 Å². The molecular formula is C20H33N5O. The molecule has 2 rings (SSSR count). The molecule has 0 aliphatic carbocycles. The Balaban J connectivity index is 1.72. The highest BCUT2D eigenvalue weighted by Crippen LogP contribution is 2.17. The third-order valence-corrected chi connectivity index (χ3v) is 4.63. The molecule has 0 amide bonds. The molecule has 1 aromatic carbocycles. The molecule has 6 nitrogen and oxygen atoms in total. The first-order valence-electron chi connectivity index (χ1n) is 9.47. The van der Waals surface area contributed by atoms with E-state index in [-0.39, 0.29) is 0 Å². The molecule has 1 saturated heterocycles. The molecule has 0 bridgehead atoms. The zero-order valence-electron chi connectivity index (χ0n) is 16.2. The highest BCUT2D eigenvalue weighted by Gasteiger charge is 2.14. The molecule has 0 radical (unpaired) electrons. The summed E-state index contributed by atoms with van der Waals surface area (Å²) >= 11 is 0. The van der Waals surface area contributed by atoms with Crippen LogP contribution in [-0.2, 0) is 6.54 Å². The van der Waals surface area contributed by atoms with Crippen molar-refractivity contribution in [3.8, 4) is 5.75 Å². The van der Waals surface area contributed by atoms with Crippen LogP contribution in [0, 0.1) is 0 Å². The molecule has 1 heterocycles. The lowest BCUT2D eigenvalue weighted by Gasteiger charge is -2.34. The Hall–Kier alpha value is -2.05. The minimum absolute atomic E-state index is 0.509. The number of aliphatic imine (C=N–C) groups is 1. The fraction of sp³-hybridized carbons (Fsp3) is 0.550. The van der Waals surface area contributed by atoms with Gasteiger partial charge in [0.2, 0.25) is 0 Å². The van der Waals surface area contributed by atoms with E-state index >= 15 is 0 Å². The van der Waals surface area contributed by atoms with Crippen LogP contribution in [-0.4, -0.2) is 75.2 Å². The van der Waals surface area contributed by atoms with Gasteiger partial charge in [0, 0.05) is 58.4 Å². The summed E-state index contributed by atoms with van der Waals surface area (Å²) in [5, 5.41) is 6.76. The monoisotopic (exact) mass is 359 g/mol. The van der Waals surface area contributed by atoms with Gasteiger partial charge in [-0.2, -0.15) is 0 Å². The van der Waals surface area contributed by atoms with Crippen LogP contribution in [0.25, 0.3) is 0 Å². The van der Waals surface area contributed by atoms with E-state index in [9.17, 15) is 0 Å². The highest BCUT2D eigenvalue weighted by molar-refractivity contribution is 5.79. The SMILES string of the molecule is C=CCOc1ccccc1CNC(=NC)NCCN1CCN(CC)CC1. The van der Waals surface area contributed by atoms with Crippen molar-refractivity contribution in [2.24, 2.45) is 4.99 Å². The average Bonchev–Trinajstić information content (AvgIpc) is 2.70. The van der Waals surface area contributed by atoms with Crippen molar-refractivity contribution in [1.82, 2.24) is 20.4 Å². The molecule has 0 atom stereocenters. The number of para-hydroxylation sites is 1. The number of ether oxygens (including phenoxy) is 1. The van der Waals surface area contributed by atoms with Crippen molar-refractivity contribution in [2.75, 3.05) is 59.5 Å². The number of piperazine rings is 1. The molecular weight excluding hydrogens is 326 g/mol. The molecule has 2 N–H and O–H groups in total. The minimum atomic E-state index is 0.509. The number of nitrogens with zero attached hydrogens (tertiary/aromatic N) is 3. The molecule has 0 unspecified atom stereocenters. The molecule has 6 heteroatoms. The number of hydrogen-bond donors (Lipinski definition) is 2. The van der Waals surface area contributed by atoms with E-state index in [1.54, 1.807) is 13.1 Å². The van der Waals surface area contributed by atoms with Gasteiger partial charge in [-0.15, -0.1) is 0 Å². The van der Waals surface area contributed by atoms with Crippen LogP contribution in [0.15, 0.2) is 41.9 Å².